The van der Waals surface area contributed by atoms with E-state index in [1.165, 1.54) is 4.90 Å². The van der Waals surface area contributed by atoms with Gasteiger partial charge < -0.3 is 24.6 Å². The zero-order valence-corrected chi connectivity index (χ0v) is 21.4. The number of benzene rings is 4. The zero-order chi connectivity index (χ0) is 28.6. The number of rotatable bonds is 10. The Morgan fingerprint density at radius 1 is 0.625 bits per heavy atom. The molecule has 2 N–H and O–H groups in total. The van der Waals surface area contributed by atoms with Crippen LogP contribution in [-0.2, 0) is 17.8 Å². The van der Waals surface area contributed by atoms with Crippen LogP contribution < -0.4 is 4.74 Å². The molecule has 0 atom stereocenters. The molecule has 4 aromatic carbocycles. The van der Waals surface area contributed by atoms with Gasteiger partial charge in [0, 0.05) is 13.1 Å². The van der Waals surface area contributed by atoms with Crippen molar-refractivity contribution in [2.75, 3.05) is 7.11 Å². The number of aromatic carboxylic acids is 2. The molecule has 0 fully saturated rings. The van der Waals surface area contributed by atoms with E-state index in [1.54, 1.807) is 24.3 Å². The second-order valence-electron chi connectivity index (χ2n) is 8.75. The molecule has 0 aliphatic carbocycles. The van der Waals surface area contributed by atoms with Crippen LogP contribution in [0.4, 0.5) is 0 Å². The van der Waals surface area contributed by atoms with Gasteiger partial charge in [0.1, 0.15) is 11.5 Å². The smallest absolute Gasteiger partial charge is 0.338 e. The lowest BCUT2D eigenvalue weighted by Gasteiger charge is -2.25. The Bertz CT molecular complexity index is 1530. The van der Waals surface area contributed by atoms with Gasteiger partial charge in [0.25, 0.3) is 5.91 Å². The van der Waals surface area contributed by atoms with Crippen molar-refractivity contribution >= 4 is 23.8 Å². The van der Waals surface area contributed by atoms with Crippen molar-refractivity contribution in [2.45, 2.75) is 13.1 Å². The molecule has 1 amide bonds. The van der Waals surface area contributed by atoms with Gasteiger partial charge in [0.15, 0.2) is 0 Å². The van der Waals surface area contributed by atoms with E-state index in [9.17, 15) is 29.4 Å². The van der Waals surface area contributed by atoms with E-state index in [2.05, 4.69) is 0 Å². The lowest BCUT2D eigenvalue weighted by atomic mass is 9.96. The number of methoxy groups -OCH3 is 1. The molecule has 0 aliphatic rings. The number of carbonyl (C=O) groups excluding carboxylic acids is 2. The van der Waals surface area contributed by atoms with Crippen molar-refractivity contribution in [1.82, 2.24) is 4.90 Å². The molecule has 0 aliphatic heterocycles. The number of esters is 1. The molecule has 4 aromatic rings. The first-order valence-electron chi connectivity index (χ1n) is 12.1. The van der Waals surface area contributed by atoms with E-state index in [4.69, 9.17) is 9.47 Å². The fraction of sp³-hybridized carbons (Fsp3) is 0.0968. The second-order valence-corrected chi connectivity index (χ2v) is 8.75. The van der Waals surface area contributed by atoms with Crippen molar-refractivity contribution in [2.24, 2.45) is 0 Å². The van der Waals surface area contributed by atoms with Gasteiger partial charge in [-0.1, -0.05) is 60.7 Å². The minimum Gasteiger partial charge on any atom is -0.478 e. The Balaban J connectivity index is 1.71. The summed E-state index contributed by atoms with van der Waals surface area (Å²) < 4.78 is 10.6. The number of carboxylic acids is 2. The molecule has 0 radical (unpaired) electrons. The van der Waals surface area contributed by atoms with Crippen LogP contribution in [-0.4, -0.2) is 46.0 Å². The van der Waals surface area contributed by atoms with Gasteiger partial charge in [0.2, 0.25) is 0 Å². The topological polar surface area (TPSA) is 130 Å². The Morgan fingerprint density at radius 2 is 1.10 bits per heavy atom. The van der Waals surface area contributed by atoms with E-state index in [0.717, 1.165) is 30.4 Å². The molecular weight excluding hydrogens is 514 g/mol. The summed E-state index contributed by atoms with van der Waals surface area (Å²) in [5.41, 5.74) is -0.350. The first kappa shape index (κ1) is 27.6. The monoisotopic (exact) mass is 539 g/mol. The SMILES string of the molecule is COC(=O)c1cc(C(=O)O)c(C(=O)O)cc1C(=O)N(Cc1ccccc1)Cc1ccc(Oc2ccccc2)cc1. The van der Waals surface area contributed by atoms with Gasteiger partial charge in [-0.05, 0) is 47.5 Å². The molecule has 9 heteroatoms. The van der Waals surface area contributed by atoms with Crippen LogP contribution in [0.1, 0.15) is 52.6 Å². The Labute approximate surface area is 229 Å². The molecule has 40 heavy (non-hydrogen) atoms. The lowest BCUT2D eigenvalue weighted by molar-refractivity contribution is 0.0585. The van der Waals surface area contributed by atoms with Crippen LogP contribution in [0, 0.1) is 0 Å². The standard InChI is InChI=1S/C31H25NO8/c1-39-31(38)27-17-26(30(36)37)25(29(34)35)16-24(27)28(33)32(18-20-8-4-2-5-9-20)19-21-12-14-23(15-13-21)40-22-10-6-3-7-11-22/h2-17H,18-19H2,1H3,(H,34,35)(H,36,37). The summed E-state index contributed by atoms with van der Waals surface area (Å²) in [6.07, 6.45) is 0. The normalized spacial score (nSPS) is 10.4. The molecule has 0 heterocycles. The van der Waals surface area contributed by atoms with Crippen LogP contribution in [0.25, 0.3) is 0 Å². The number of hydrogen-bond donors (Lipinski definition) is 2. The number of amides is 1. The van der Waals surface area contributed by atoms with E-state index < -0.39 is 34.9 Å². The highest BCUT2D eigenvalue weighted by Gasteiger charge is 2.28. The third-order valence-electron chi connectivity index (χ3n) is 6.03. The first-order valence-corrected chi connectivity index (χ1v) is 12.1. The number of nitrogens with zero attached hydrogens (tertiary/aromatic N) is 1. The van der Waals surface area contributed by atoms with Crippen molar-refractivity contribution < 1.29 is 38.9 Å². The van der Waals surface area contributed by atoms with Crippen molar-refractivity contribution in [3.05, 3.63) is 130 Å². The summed E-state index contributed by atoms with van der Waals surface area (Å²) in [5.74, 6) is -3.48. The third-order valence-corrected chi connectivity index (χ3v) is 6.03. The molecule has 4 rings (SSSR count). The molecule has 0 aromatic heterocycles. The van der Waals surface area contributed by atoms with Crippen LogP contribution >= 0.6 is 0 Å². The maximum absolute atomic E-state index is 13.9. The summed E-state index contributed by atoms with van der Waals surface area (Å²) in [6.45, 7) is 0.231. The van der Waals surface area contributed by atoms with Gasteiger partial charge in [-0.3, -0.25) is 4.79 Å². The van der Waals surface area contributed by atoms with Gasteiger partial charge >= 0.3 is 17.9 Å². The second kappa shape index (κ2) is 12.4. The Morgan fingerprint density at radius 3 is 1.62 bits per heavy atom. The zero-order valence-electron chi connectivity index (χ0n) is 21.4. The van der Waals surface area contributed by atoms with E-state index in [1.807, 2.05) is 60.7 Å². The first-order chi connectivity index (χ1) is 19.3. The Kier molecular flexibility index (Phi) is 8.55. The van der Waals surface area contributed by atoms with E-state index in [0.29, 0.717) is 11.5 Å². The fourth-order valence-electron chi connectivity index (χ4n) is 4.09. The average Bonchev–Trinajstić information content (AvgIpc) is 2.97. The molecule has 9 nitrogen and oxygen atoms in total. The predicted molar refractivity (Wildman–Crippen MR) is 145 cm³/mol. The van der Waals surface area contributed by atoms with Crippen LogP contribution in [0.2, 0.25) is 0 Å². The summed E-state index contributed by atoms with van der Waals surface area (Å²) in [7, 11) is 1.09. The highest BCUT2D eigenvalue weighted by atomic mass is 16.5. The van der Waals surface area contributed by atoms with Gasteiger partial charge in [-0.15, -0.1) is 0 Å². The molecule has 0 bridgehead atoms. The quantitative estimate of drug-likeness (QED) is 0.253. The number of carboxylic acid groups (broad SMARTS) is 2. The Hall–Kier alpha value is -5.44. The van der Waals surface area contributed by atoms with E-state index in [-0.39, 0.29) is 24.2 Å². The molecule has 0 unspecified atom stereocenters. The fourth-order valence-corrected chi connectivity index (χ4v) is 4.09. The minimum atomic E-state index is -1.56. The molecule has 0 saturated carbocycles. The highest BCUT2D eigenvalue weighted by molar-refractivity contribution is 6.10. The van der Waals surface area contributed by atoms with Gasteiger partial charge in [0.05, 0.1) is 29.4 Å². The van der Waals surface area contributed by atoms with Gasteiger partial charge in [-0.2, -0.15) is 0 Å². The predicted octanol–water partition coefficient (Wildman–Crippen LogP) is 5.50. The van der Waals surface area contributed by atoms with Crippen molar-refractivity contribution in [3.63, 3.8) is 0 Å². The maximum Gasteiger partial charge on any atom is 0.338 e. The molecule has 0 saturated heterocycles. The average molecular weight is 540 g/mol. The minimum absolute atomic E-state index is 0.100. The van der Waals surface area contributed by atoms with Crippen LogP contribution in [0.15, 0.2) is 97.1 Å². The highest BCUT2D eigenvalue weighted by Crippen LogP contribution is 2.25. The van der Waals surface area contributed by atoms with Crippen molar-refractivity contribution in [3.8, 4) is 11.5 Å². The van der Waals surface area contributed by atoms with E-state index >= 15 is 0 Å². The number of carbonyl (C=O) groups is 4. The van der Waals surface area contributed by atoms with Crippen LogP contribution in [0.3, 0.4) is 0 Å². The van der Waals surface area contributed by atoms with Crippen LogP contribution in [0.5, 0.6) is 11.5 Å². The third kappa shape index (κ3) is 6.51. The summed E-state index contributed by atoms with van der Waals surface area (Å²) in [5, 5.41) is 19.1. The molecule has 0 spiro atoms. The lowest BCUT2D eigenvalue weighted by Crippen LogP contribution is -2.32. The largest absolute Gasteiger partial charge is 0.478 e. The summed E-state index contributed by atoms with van der Waals surface area (Å²) in [4.78, 5) is 51.5. The summed E-state index contributed by atoms with van der Waals surface area (Å²) >= 11 is 0. The molecule has 202 valence electrons. The maximum atomic E-state index is 13.9. The summed E-state index contributed by atoms with van der Waals surface area (Å²) in [6, 6.07) is 27.3. The number of para-hydroxylation sites is 1. The van der Waals surface area contributed by atoms with Gasteiger partial charge in [-0.25, -0.2) is 14.4 Å². The number of hydrogen-bond acceptors (Lipinski definition) is 6. The number of ether oxygens (including phenoxy) is 2. The van der Waals surface area contributed by atoms with Crippen molar-refractivity contribution in [1.29, 1.82) is 0 Å². The molecular formula is C31H25NO8.